The monoisotopic (exact) mass is 440 g/mol. The molecule has 0 saturated carbocycles. The lowest BCUT2D eigenvalue weighted by Crippen LogP contribution is -2.63. The van der Waals surface area contributed by atoms with Crippen molar-refractivity contribution in [1.29, 1.82) is 0 Å². The van der Waals surface area contributed by atoms with Gasteiger partial charge in [0.2, 0.25) is 5.91 Å². The highest BCUT2D eigenvalue weighted by Gasteiger charge is 2.48. The number of carbonyl (C=O) groups is 2. The van der Waals surface area contributed by atoms with Crippen LogP contribution >= 0.6 is 0 Å². The average molecular weight is 441 g/mol. The van der Waals surface area contributed by atoms with Crippen LogP contribution in [0.1, 0.15) is 69.7 Å². The molecule has 7 nitrogen and oxygen atoms in total. The van der Waals surface area contributed by atoms with Crippen molar-refractivity contribution in [1.82, 2.24) is 20.0 Å². The minimum absolute atomic E-state index is 0.154. The van der Waals surface area contributed by atoms with E-state index in [9.17, 15) is 9.59 Å². The van der Waals surface area contributed by atoms with E-state index >= 15 is 0 Å². The molecular formula is C25H36N4O3. The first-order valence-electron chi connectivity index (χ1n) is 11.3. The molecule has 0 spiro atoms. The van der Waals surface area contributed by atoms with Gasteiger partial charge in [-0.3, -0.25) is 14.3 Å². The summed E-state index contributed by atoms with van der Waals surface area (Å²) in [5.41, 5.74) is 1.05. The Morgan fingerprint density at radius 2 is 1.91 bits per heavy atom. The van der Waals surface area contributed by atoms with E-state index < -0.39 is 5.54 Å². The molecule has 0 fully saturated rings. The van der Waals surface area contributed by atoms with E-state index in [4.69, 9.17) is 9.84 Å². The highest BCUT2D eigenvalue weighted by molar-refractivity contribution is 5.99. The third-order valence-electron chi connectivity index (χ3n) is 6.06. The molecule has 1 aromatic carbocycles. The van der Waals surface area contributed by atoms with Gasteiger partial charge in [0.15, 0.2) is 0 Å². The van der Waals surface area contributed by atoms with Crippen molar-refractivity contribution in [3.8, 4) is 5.75 Å². The van der Waals surface area contributed by atoms with Crippen LogP contribution in [0.4, 0.5) is 0 Å². The number of carbonyl (C=O) groups excluding carboxylic acids is 2. The Balaban J connectivity index is 1.97. The third-order valence-corrected chi connectivity index (χ3v) is 6.06. The maximum absolute atomic E-state index is 13.6. The van der Waals surface area contributed by atoms with Crippen LogP contribution in [0.2, 0.25) is 0 Å². The van der Waals surface area contributed by atoms with Crippen molar-refractivity contribution in [3.05, 3.63) is 47.3 Å². The number of hydrogen-bond donors (Lipinski definition) is 1. The maximum atomic E-state index is 13.6. The van der Waals surface area contributed by atoms with Crippen LogP contribution in [-0.4, -0.2) is 45.7 Å². The summed E-state index contributed by atoms with van der Waals surface area (Å²) < 4.78 is 6.95. The minimum atomic E-state index is -1.05. The van der Waals surface area contributed by atoms with E-state index in [2.05, 4.69) is 39.9 Å². The van der Waals surface area contributed by atoms with Crippen molar-refractivity contribution in [2.75, 3.05) is 13.7 Å². The summed E-state index contributed by atoms with van der Waals surface area (Å²) in [5, 5.41) is 7.75. The van der Waals surface area contributed by atoms with Crippen LogP contribution in [0.5, 0.6) is 5.75 Å². The van der Waals surface area contributed by atoms with Crippen molar-refractivity contribution in [3.63, 3.8) is 0 Å². The van der Waals surface area contributed by atoms with Crippen LogP contribution in [0.15, 0.2) is 30.3 Å². The molecule has 0 saturated heterocycles. The van der Waals surface area contributed by atoms with Crippen molar-refractivity contribution < 1.29 is 14.3 Å². The number of fused-ring (bicyclic) bond motifs is 1. The van der Waals surface area contributed by atoms with Crippen LogP contribution in [0, 0.1) is 5.92 Å². The SMILES string of the molecule is COc1ccc(CN2C(=O)c3cc(C(C)(C)C)nn3CC2(C)C(=O)NCCC(C)C)cc1. The molecule has 7 heteroatoms. The van der Waals surface area contributed by atoms with Crippen LogP contribution in [-0.2, 0) is 23.3 Å². The molecule has 2 amide bonds. The average Bonchev–Trinajstić information content (AvgIpc) is 3.15. The van der Waals surface area contributed by atoms with Gasteiger partial charge in [0.25, 0.3) is 5.91 Å². The summed E-state index contributed by atoms with van der Waals surface area (Å²) in [5.74, 6) is 0.898. The van der Waals surface area contributed by atoms with Gasteiger partial charge in [0.1, 0.15) is 17.0 Å². The van der Waals surface area contributed by atoms with Gasteiger partial charge < -0.3 is 15.0 Å². The Bertz CT molecular complexity index is 972. The molecule has 1 atom stereocenters. The number of hydrogen-bond acceptors (Lipinski definition) is 4. The first kappa shape index (κ1) is 23.8. The Morgan fingerprint density at radius 1 is 1.25 bits per heavy atom. The first-order valence-corrected chi connectivity index (χ1v) is 11.3. The zero-order valence-electron chi connectivity index (χ0n) is 20.4. The van der Waals surface area contributed by atoms with Gasteiger partial charge in [-0.1, -0.05) is 46.8 Å². The standard InChI is InChI=1S/C25H36N4O3/c1-17(2)12-13-26-23(31)25(6)16-29-20(14-21(27-29)24(3,4)5)22(30)28(25)15-18-8-10-19(32-7)11-9-18/h8-11,14,17H,12-13,15-16H2,1-7H3,(H,26,31). The predicted molar refractivity (Wildman–Crippen MR) is 125 cm³/mol. The van der Waals surface area contributed by atoms with Gasteiger partial charge in [-0.05, 0) is 43.0 Å². The Kier molecular flexibility index (Phi) is 6.67. The number of aromatic nitrogens is 2. The van der Waals surface area contributed by atoms with Gasteiger partial charge in [-0.2, -0.15) is 5.10 Å². The summed E-state index contributed by atoms with van der Waals surface area (Å²) in [6.07, 6.45) is 0.884. The molecular weight excluding hydrogens is 404 g/mol. The largest absolute Gasteiger partial charge is 0.497 e. The predicted octanol–water partition coefficient (Wildman–Crippen LogP) is 3.77. The van der Waals surface area contributed by atoms with E-state index in [-0.39, 0.29) is 17.2 Å². The molecule has 1 aliphatic heterocycles. The Morgan fingerprint density at radius 3 is 2.47 bits per heavy atom. The summed E-state index contributed by atoms with van der Waals surface area (Å²) in [4.78, 5) is 28.7. The Hall–Kier alpha value is -2.83. The second-order valence-corrected chi connectivity index (χ2v) is 10.3. The van der Waals surface area contributed by atoms with E-state index in [1.165, 1.54) is 0 Å². The second-order valence-electron chi connectivity index (χ2n) is 10.3. The van der Waals surface area contributed by atoms with Gasteiger partial charge in [0, 0.05) is 18.5 Å². The van der Waals surface area contributed by atoms with E-state index in [0.29, 0.717) is 31.2 Å². The first-order chi connectivity index (χ1) is 15.0. The van der Waals surface area contributed by atoms with Crippen LogP contribution < -0.4 is 10.1 Å². The molecule has 2 aromatic rings. The molecule has 1 N–H and O–H groups in total. The summed E-state index contributed by atoms with van der Waals surface area (Å²) in [6.45, 7) is 13.5. The summed E-state index contributed by atoms with van der Waals surface area (Å²) in [7, 11) is 1.62. The lowest BCUT2D eigenvalue weighted by Gasteiger charge is -2.43. The normalized spacial score (nSPS) is 18.6. The molecule has 0 aliphatic carbocycles. The maximum Gasteiger partial charge on any atom is 0.273 e. The molecule has 0 bridgehead atoms. The van der Waals surface area contributed by atoms with Crippen molar-refractivity contribution in [2.45, 2.75) is 72.0 Å². The molecule has 174 valence electrons. The number of ether oxygens (including phenoxy) is 1. The fourth-order valence-corrected chi connectivity index (χ4v) is 3.83. The number of nitrogens with zero attached hydrogens (tertiary/aromatic N) is 3. The lowest BCUT2D eigenvalue weighted by molar-refractivity contribution is -0.133. The van der Waals surface area contributed by atoms with Gasteiger partial charge in [-0.25, -0.2) is 0 Å². The van der Waals surface area contributed by atoms with Crippen molar-refractivity contribution >= 4 is 11.8 Å². The van der Waals surface area contributed by atoms with Crippen molar-refractivity contribution in [2.24, 2.45) is 5.92 Å². The molecule has 1 unspecified atom stereocenters. The molecule has 0 radical (unpaired) electrons. The smallest absolute Gasteiger partial charge is 0.273 e. The zero-order chi connectivity index (χ0) is 23.7. The fraction of sp³-hybridized carbons (Fsp3) is 0.560. The summed E-state index contributed by atoms with van der Waals surface area (Å²) in [6, 6.07) is 9.45. The Labute approximate surface area is 191 Å². The second kappa shape index (κ2) is 8.96. The number of methoxy groups -OCH3 is 1. The van der Waals surface area contributed by atoms with Gasteiger partial charge >= 0.3 is 0 Å². The fourth-order valence-electron chi connectivity index (χ4n) is 3.83. The number of rotatable bonds is 7. The number of amides is 2. The molecule has 32 heavy (non-hydrogen) atoms. The number of benzene rings is 1. The number of nitrogens with one attached hydrogen (secondary N) is 1. The topological polar surface area (TPSA) is 76.5 Å². The molecule has 1 aliphatic rings. The van der Waals surface area contributed by atoms with E-state index in [1.807, 2.05) is 37.3 Å². The molecule has 3 rings (SSSR count). The van der Waals surface area contributed by atoms with Crippen LogP contribution in [0.3, 0.4) is 0 Å². The zero-order valence-corrected chi connectivity index (χ0v) is 20.4. The minimum Gasteiger partial charge on any atom is -0.497 e. The van der Waals surface area contributed by atoms with Gasteiger partial charge in [0.05, 0.1) is 19.3 Å². The lowest BCUT2D eigenvalue weighted by atomic mass is 9.91. The molecule has 2 heterocycles. The van der Waals surface area contributed by atoms with Gasteiger partial charge in [-0.15, -0.1) is 0 Å². The quantitative estimate of drug-likeness (QED) is 0.711. The van der Waals surface area contributed by atoms with E-state index in [0.717, 1.165) is 23.4 Å². The highest BCUT2D eigenvalue weighted by Crippen LogP contribution is 2.32. The third kappa shape index (κ3) is 4.81. The highest BCUT2D eigenvalue weighted by atomic mass is 16.5. The molecule has 1 aromatic heterocycles. The summed E-state index contributed by atoms with van der Waals surface area (Å²) >= 11 is 0. The van der Waals surface area contributed by atoms with Crippen LogP contribution in [0.25, 0.3) is 0 Å². The van der Waals surface area contributed by atoms with E-state index in [1.54, 1.807) is 16.7 Å².